The van der Waals surface area contributed by atoms with Crippen molar-refractivity contribution in [3.05, 3.63) is 52.9 Å². The molecule has 11 heteroatoms. The summed E-state index contributed by atoms with van der Waals surface area (Å²) in [6.45, 7) is 3.02. The van der Waals surface area contributed by atoms with E-state index in [1.165, 1.54) is 11.3 Å². The SMILES string of the molecule is Cc1cc(Nc2nccc(C(F)(F)F)n2)cc(-c2cnc(C(=O)N3CCC(CO)C3)s2)c1. The Bertz CT molecular complexity index is 1130. The van der Waals surface area contributed by atoms with Gasteiger partial charge in [-0.3, -0.25) is 4.79 Å². The molecule has 1 aliphatic rings. The highest BCUT2D eigenvalue weighted by atomic mass is 32.1. The van der Waals surface area contributed by atoms with Crippen LogP contribution in [0.25, 0.3) is 10.4 Å². The first-order valence-corrected chi connectivity index (χ1v) is 10.7. The highest BCUT2D eigenvalue weighted by molar-refractivity contribution is 7.17. The summed E-state index contributed by atoms with van der Waals surface area (Å²) in [5.41, 5.74) is 1.12. The minimum absolute atomic E-state index is 0.0571. The zero-order chi connectivity index (χ0) is 22.9. The number of hydrogen-bond acceptors (Lipinski definition) is 7. The van der Waals surface area contributed by atoms with Crippen LogP contribution in [0.15, 0.2) is 36.7 Å². The van der Waals surface area contributed by atoms with Crippen LogP contribution in [0, 0.1) is 12.8 Å². The van der Waals surface area contributed by atoms with Gasteiger partial charge < -0.3 is 15.3 Å². The number of anilines is 2. The standard InChI is InChI=1S/C21H20F3N5O2S/c1-12-6-14(8-15(7-12)27-20-25-4-2-17(28-20)21(22,23)24)16-9-26-18(32-16)19(31)29-5-3-13(10-29)11-30/h2,4,6-9,13,30H,3,5,10-11H2,1H3,(H,25,27,28). The highest BCUT2D eigenvalue weighted by Gasteiger charge is 2.33. The molecule has 0 bridgehead atoms. The van der Waals surface area contributed by atoms with E-state index in [0.717, 1.165) is 34.7 Å². The number of nitrogens with one attached hydrogen (secondary N) is 1. The molecule has 32 heavy (non-hydrogen) atoms. The molecule has 0 spiro atoms. The van der Waals surface area contributed by atoms with Crippen LogP contribution in [0.1, 0.15) is 27.5 Å². The van der Waals surface area contributed by atoms with E-state index in [1.54, 1.807) is 23.2 Å². The van der Waals surface area contributed by atoms with E-state index in [2.05, 4.69) is 20.3 Å². The van der Waals surface area contributed by atoms with Crippen LogP contribution in [-0.4, -0.2) is 50.6 Å². The third-order valence-corrected chi connectivity index (χ3v) is 6.12. The molecule has 0 saturated carbocycles. The van der Waals surface area contributed by atoms with Gasteiger partial charge in [-0.25, -0.2) is 15.0 Å². The van der Waals surface area contributed by atoms with Gasteiger partial charge in [0.2, 0.25) is 5.95 Å². The number of amides is 1. The summed E-state index contributed by atoms with van der Waals surface area (Å²) >= 11 is 1.25. The number of nitrogens with zero attached hydrogens (tertiary/aromatic N) is 4. The van der Waals surface area contributed by atoms with E-state index < -0.39 is 11.9 Å². The molecule has 1 fully saturated rings. The minimum Gasteiger partial charge on any atom is -0.396 e. The molecule has 168 valence electrons. The normalized spacial score (nSPS) is 16.4. The molecule has 1 saturated heterocycles. The Morgan fingerprint density at radius 2 is 2.12 bits per heavy atom. The van der Waals surface area contributed by atoms with Crippen LogP contribution in [0.3, 0.4) is 0 Å². The van der Waals surface area contributed by atoms with Crippen molar-refractivity contribution in [3.8, 4) is 10.4 Å². The Hall–Kier alpha value is -3.05. The fourth-order valence-corrected chi connectivity index (χ4v) is 4.38. The number of aliphatic hydroxyl groups is 1. The first kappa shape index (κ1) is 22.2. The fraction of sp³-hybridized carbons (Fsp3) is 0.333. The molecular formula is C21H20F3N5O2S. The number of aryl methyl sites for hydroxylation is 1. The topological polar surface area (TPSA) is 91.2 Å². The van der Waals surface area contributed by atoms with Gasteiger partial charge in [0.15, 0.2) is 5.01 Å². The maximum absolute atomic E-state index is 12.9. The number of hydrogen-bond donors (Lipinski definition) is 2. The van der Waals surface area contributed by atoms with Gasteiger partial charge in [0.25, 0.3) is 5.91 Å². The van der Waals surface area contributed by atoms with Gasteiger partial charge in [-0.15, -0.1) is 11.3 Å². The Morgan fingerprint density at radius 1 is 1.31 bits per heavy atom. The van der Waals surface area contributed by atoms with E-state index >= 15 is 0 Å². The molecule has 0 radical (unpaired) electrons. The molecule has 1 aliphatic heterocycles. The van der Waals surface area contributed by atoms with Gasteiger partial charge in [0.1, 0.15) is 5.69 Å². The van der Waals surface area contributed by atoms with Crippen LogP contribution in [0.4, 0.5) is 24.8 Å². The average molecular weight is 463 g/mol. The number of aromatic nitrogens is 3. The van der Waals surface area contributed by atoms with Crippen LogP contribution in [0.5, 0.6) is 0 Å². The van der Waals surface area contributed by atoms with Crippen molar-refractivity contribution >= 4 is 28.9 Å². The Morgan fingerprint density at radius 3 is 2.84 bits per heavy atom. The summed E-state index contributed by atoms with van der Waals surface area (Å²) in [6.07, 6.45) is -1.13. The Labute approximate surface area is 186 Å². The molecule has 1 unspecified atom stereocenters. The molecule has 1 amide bonds. The largest absolute Gasteiger partial charge is 0.433 e. The van der Waals surface area contributed by atoms with Crippen molar-refractivity contribution in [2.45, 2.75) is 19.5 Å². The zero-order valence-corrected chi connectivity index (χ0v) is 17.9. The number of likely N-dealkylation sites (tertiary alicyclic amines) is 1. The van der Waals surface area contributed by atoms with Crippen molar-refractivity contribution in [2.24, 2.45) is 5.92 Å². The number of alkyl halides is 3. The van der Waals surface area contributed by atoms with Crippen LogP contribution in [-0.2, 0) is 6.18 Å². The van der Waals surface area contributed by atoms with Gasteiger partial charge in [-0.1, -0.05) is 6.07 Å². The second-order valence-corrected chi connectivity index (χ2v) is 8.62. The third-order valence-electron chi connectivity index (χ3n) is 5.08. The summed E-state index contributed by atoms with van der Waals surface area (Å²) in [5, 5.41) is 12.5. The number of carbonyl (C=O) groups excluding carboxylic acids is 1. The van der Waals surface area contributed by atoms with Crippen LogP contribution < -0.4 is 5.32 Å². The summed E-state index contributed by atoms with van der Waals surface area (Å²) in [5.74, 6) is -0.230. The molecule has 1 aromatic carbocycles. The predicted octanol–water partition coefficient (Wildman–Crippen LogP) is 4.13. The van der Waals surface area contributed by atoms with Crippen molar-refractivity contribution in [3.63, 3.8) is 0 Å². The van der Waals surface area contributed by atoms with Gasteiger partial charge >= 0.3 is 6.18 Å². The fourth-order valence-electron chi connectivity index (χ4n) is 3.51. The zero-order valence-electron chi connectivity index (χ0n) is 17.1. The number of aliphatic hydroxyl groups excluding tert-OH is 1. The van der Waals surface area contributed by atoms with E-state index in [-0.39, 0.29) is 24.4 Å². The highest BCUT2D eigenvalue weighted by Crippen LogP contribution is 2.32. The molecule has 0 aliphatic carbocycles. The van der Waals surface area contributed by atoms with E-state index in [9.17, 15) is 23.1 Å². The molecule has 4 rings (SSSR count). The Kier molecular flexibility index (Phi) is 6.11. The van der Waals surface area contributed by atoms with E-state index in [1.807, 2.05) is 13.0 Å². The molecule has 1 atom stereocenters. The molecule has 2 N–H and O–H groups in total. The number of carbonyl (C=O) groups is 1. The van der Waals surface area contributed by atoms with Crippen molar-refractivity contribution in [2.75, 3.05) is 25.0 Å². The summed E-state index contributed by atoms with van der Waals surface area (Å²) in [6, 6.07) is 6.22. The molecule has 7 nitrogen and oxygen atoms in total. The third kappa shape index (κ3) is 4.89. The van der Waals surface area contributed by atoms with Crippen molar-refractivity contribution < 1.29 is 23.1 Å². The minimum atomic E-state index is -4.56. The number of rotatable bonds is 5. The lowest BCUT2D eigenvalue weighted by Crippen LogP contribution is -2.28. The second-order valence-electron chi connectivity index (χ2n) is 7.59. The lowest BCUT2D eigenvalue weighted by molar-refractivity contribution is -0.141. The van der Waals surface area contributed by atoms with Crippen molar-refractivity contribution in [1.29, 1.82) is 0 Å². The lowest BCUT2D eigenvalue weighted by Gasteiger charge is -2.14. The first-order valence-electron chi connectivity index (χ1n) is 9.88. The maximum Gasteiger partial charge on any atom is 0.433 e. The predicted molar refractivity (Wildman–Crippen MR) is 114 cm³/mol. The van der Waals surface area contributed by atoms with E-state index in [0.29, 0.717) is 23.8 Å². The molecule has 2 aromatic heterocycles. The summed E-state index contributed by atoms with van der Waals surface area (Å²) in [7, 11) is 0. The number of benzene rings is 1. The molecule has 3 aromatic rings. The number of halogens is 3. The van der Waals surface area contributed by atoms with Crippen LogP contribution >= 0.6 is 11.3 Å². The Balaban J connectivity index is 1.54. The van der Waals surface area contributed by atoms with Crippen LogP contribution in [0.2, 0.25) is 0 Å². The van der Waals surface area contributed by atoms with Gasteiger partial charge in [0.05, 0.1) is 4.88 Å². The smallest absolute Gasteiger partial charge is 0.396 e. The first-order chi connectivity index (χ1) is 15.2. The summed E-state index contributed by atoms with van der Waals surface area (Å²) < 4.78 is 38.7. The van der Waals surface area contributed by atoms with Crippen molar-refractivity contribution in [1.82, 2.24) is 19.9 Å². The molecular weight excluding hydrogens is 443 g/mol. The summed E-state index contributed by atoms with van der Waals surface area (Å²) in [4.78, 5) is 26.8. The van der Waals surface area contributed by atoms with Gasteiger partial charge in [0, 0.05) is 43.7 Å². The van der Waals surface area contributed by atoms with E-state index in [4.69, 9.17) is 0 Å². The maximum atomic E-state index is 12.9. The quantitative estimate of drug-likeness (QED) is 0.592. The number of thiazole rings is 1. The average Bonchev–Trinajstić information content (AvgIpc) is 3.42. The lowest BCUT2D eigenvalue weighted by atomic mass is 10.1. The second kappa shape index (κ2) is 8.83. The van der Waals surface area contributed by atoms with Gasteiger partial charge in [-0.05, 0) is 42.7 Å². The molecule has 3 heterocycles. The van der Waals surface area contributed by atoms with Gasteiger partial charge in [-0.2, -0.15) is 13.2 Å². The monoisotopic (exact) mass is 463 g/mol.